The lowest BCUT2D eigenvalue weighted by molar-refractivity contribution is -0.167. The number of hydrogen-bond donors (Lipinski definition) is 0. The Morgan fingerprint density at radius 1 is 0.339 bits per heavy atom. The fourth-order valence-corrected chi connectivity index (χ4v) is 7.46. The van der Waals surface area contributed by atoms with Crippen LogP contribution in [0.25, 0.3) is 0 Å². The first-order chi connectivity index (χ1) is 27.2. The molecule has 1 atom stereocenters. The van der Waals surface area contributed by atoms with E-state index < -0.39 is 6.10 Å². The first-order valence-electron chi connectivity index (χ1n) is 24.7. The fourth-order valence-electron chi connectivity index (χ4n) is 7.46. The Labute approximate surface area is 348 Å². The number of unbranched alkanes of at least 4 members (excludes halogenated alkanes) is 29. The molecule has 0 bridgehead atoms. The quantitative estimate of drug-likeness (QED) is 0.0347. The van der Waals surface area contributed by atoms with Crippen molar-refractivity contribution in [1.82, 2.24) is 0 Å². The van der Waals surface area contributed by atoms with Crippen LogP contribution in [0.15, 0.2) is 0 Å². The predicted molar refractivity (Wildman–Crippen MR) is 238 cm³/mol. The first kappa shape index (κ1) is 54.4. The van der Waals surface area contributed by atoms with E-state index in [1.165, 1.54) is 161 Å². The summed E-state index contributed by atoms with van der Waals surface area (Å²) in [5.41, 5.74) is 0. The highest BCUT2D eigenvalue weighted by atomic mass is 16.6. The normalized spacial score (nSPS) is 12.1. The van der Waals surface area contributed by atoms with Gasteiger partial charge in [-0.2, -0.15) is 0 Å². The summed E-state index contributed by atoms with van der Waals surface area (Å²) >= 11 is 0. The molecule has 0 aromatic rings. The Kier molecular flexibility index (Phi) is 41.8. The van der Waals surface area contributed by atoms with E-state index in [9.17, 15) is 14.4 Å². The molecule has 0 saturated carbocycles. The zero-order valence-corrected chi connectivity index (χ0v) is 38.3. The van der Waals surface area contributed by atoms with Crippen molar-refractivity contribution in [2.45, 2.75) is 278 Å². The Hall–Kier alpha value is -1.59. The maximum absolute atomic E-state index is 12.7. The lowest BCUT2D eigenvalue weighted by atomic mass is 10.0. The van der Waals surface area contributed by atoms with Gasteiger partial charge in [0.15, 0.2) is 6.10 Å². The molecule has 0 amide bonds. The second-order valence-corrected chi connectivity index (χ2v) is 18.1. The molecule has 0 rings (SSSR count). The molecule has 6 heteroatoms. The van der Waals surface area contributed by atoms with E-state index in [0.717, 1.165) is 69.6 Å². The highest BCUT2D eigenvalue weighted by Crippen LogP contribution is 2.17. The van der Waals surface area contributed by atoms with Crippen molar-refractivity contribution < 1.29 is 28.6 Å². The average Bonchev–Trinajstić information content (AvgIpc) is 3.16. The van der Waals surface area contributed by atoms with Gasteiger partial charge in [-0.3, -0.25) is 14.4 Å². The molecule has 6 nitrogen and oxygen atoms in total. The summed E-state index contributed by atoms with van der Waals surface area (Å²) in [6.45, 7) is 11.3. The topological polar surface area (TPSA) is 78.9 Å². The van der Waals surface area contributed by atoms with Crippen LogP contribution < -0.4 is 0 Å². The predicted octanol–water partition coefficient (Wildman–Crippen LogP) is 15.8. The largest absolute Gasteiger partial charge is 0.462 e. The zero-order chi connectivity index (χ0) is 41.2. The minimum atomic E-state index is -0.760. The van der Waals surface area contributed by atoms with E-state index in [1.807, 2.05) is 0 Å². The molecule has 0 radical (unpaired) electrons. The molecule has 0 unspecified atom stereocenters. The molecule has 56 heavy (non-hydrogen) atoms. The highest BCUT2D eigenvalue weighted by molar-refractivity contribution is 5.71. The van der Waals surface area contributed by atoms with Crippen molar-refractivity contribution in [3.8, 4) is 0 Å². The lowest BCUT2D eigenvalue weighted by Crippen LogP contribution is -2.30. The molecule has 0 aromatic carbocycles. The van der Waals surface area contributed by atoms with E-state index >= 15 is 0 Å². The molecule has 0 fully saturated rings. The van der Waals surface area contributed by atoms with Crippen molar-refractivity contribution in [2.24, 2.45) is 11.8 Å². The van der Waals surface area contributed by atoms with Crippen LogP contribution in [-0.4, -0.2) is 37.2 Å². The van der Waals surface area contributed by atoms with Gasteiger partial charge < -0.3 is 14.2 Å². The number of carbonyl (C=O) groups is 3. The van der Waals surface area contributed by atoms with Crippen LogP contribution >= 0.6 is 0 Å². The molecule has 0 N–H and O–H groups in total. The number of hydrogen-bond acceptors (Lipinski definition) is 6. The summed E-state index contributed by atoms with van der Waals surface area (Å²) in [5.74, 6) is 0.807. The van der Waals surface area contributed by atoms with Crippen molar-refractivity contribution in [3.63, 3.8) is 0 Å². The average molecular weight is 793 g/mol. The van der Waals surface area contributed by atoms with Gasteiger partial charge >= 0.3 is 17.9 Å². The molecule has 332 valence electrons. The monoisotopic (exact) mass is 793 g/mol. The Morgan fingerprint density at radius 3 is 0.875 bits per heavy atom. The number of carbonyl (C=O) groups excluding carboxylic acids is 3. The van der Waals surface area contributed by atoms with Gasteiger partial charge in [0, 0.05) is 19.3 Å². The summed E-state index contributed by atoms with van der Waals surface area (Å²) in [4.78, 5) is 37.8. The Morgan fingerprint density at radius 2 is 0.589 bits per heavy atom. The molecule has 0 aromatic heterocycles. The van der Waals surface area contributed by atoms with E-state index in [4.69, 9.17) is 14.2 Å². The van der Waals surface area contributed by atoms with E-state index in [-0.39, 0.29) is 31.1 Å². The maximum atomic E-state index is 12.7. The standard InChI is InChI=1S/C50H96O6/c1-6-7-8-9-10-18-27-32-37-42-50(53)56-47(44-55-49(52)41-36-31-26-22-17-13-15-20-24-29-34-39-46(4)5)43-54-48(51)40-35-30-25-21-16-12-11-14-19-23-28-33-38-45(2)3/h45-47H,6-44H2,1-5H3/t47-/m1/s1. The molecule has 0 heterocycles. The van der Waals surface area contributed by atoms with Crippen LogP contribution in [-0.2, 0) is 28.6 Å². The minimum Gasteiger partial charge on any atom is -0.462 e. The molecule has 0 aliphatic carbocycles. The molecular weight excluding hydrogens is 697 g/mol. The van der Waals surface area contributed by atoms with Gasteiger partial charge in [0.25, 0.3) is 0 Å². The van der Waals surface area contributed by atoms with Crippen LogP contribution in [0.4, 0.5) is 0 Å². The van der Waals surface area contributed by atoms with E-state index in [2.05, 4.69) is 34.6 Å². The molecule has 0 spiro atoms. The van der Waals surface area contributed by atoms with Gasteiger partial charge in [-0.25, -0.2) is 0 Å². The zero-order valence-electron chi connectivity index (χ0n) is 38.3. The third-order valence-corrected chi connectivity index (χ3v) is 11.2. The number of esters is 3. The molecule has 0 aliphatic rings. The van der Waals surface area contributed by atoms with E-state index in [0.29, 0.717) is 19.3 Å². The Balaban J connectivity index is 4.26. The summed E-state index contributed by atoms with van der Waals surface area (Å²) < 4.78 is 16.8. The third kappa shape index (κ3) is 43.5. The van der Waals surface area contributed by atoms with Gasteiger partial charge in [0.1, 0.15) is 13.2 Å². The summed E-state index contributed by atoms with van der Waals surface area (Å²) in [7, 11) is 0. The van der Waals surface area contributed by atoms with Gasteiger partial charge in [-0.05, 0) is 31.1 Å². The minimum absolute atomic E-state index is 0.0642. The number of ether oxygens (including phenoxy) is 3. The highest BCUT2D eigenvalue weighted by Gasteiger charge is 2.19. The van der Waals surface area contributed by atoms with Gasteiger partial charge in [0.05, 0.1) is 0 Å². The third-order valence-electron chi connectivity index (χ3n) is 11.2. The fraction of sp³-hybridized carbons (Fsp3) is 0.940. The smallest absolute Gasteiger partial charge is 0.306 e. The van der Waals surface area contributed by atoms with Crippen LogP contribution in [0.5, 0.6) is 0 Å². The summed E-state index contributed by atoms with van der Waals surface area (Å²) in [5, 5.41) is 0. The van der Waals surface area contributed by atoms with Crippen LogP contribution in [0.1, 0.15) is 272 Å². The second kappa shape index (κ2) is 43.0. The van der Waals surface area contributed by atoms with Crippen molar-refractivity contribution >= 4 is 17.9 Å². The van der Waals surface area contributed by atoms with Gasteiger partial charge in [0.2, 0.25) is 0 Å². The molecular formula is C50H96O6. The van der Waals surface area contributed by atoms with Crippen molar-refractivity contribution in [1.29, 1.82) is 0 Å². The van der Waals surface area contributed by atoms with Gasteiger partial charge in [-0.1, -0.05) is 234 Å². The summed E-state index contributed by atoms with van der Waals surface area (Å²) in [6.07, 6.45) is 42.3. The summed E-state index contributed by atoms with van der Waals surface area (Å²) in [6, 6.07) is 0. The van der Waals surface area contributed by atoms with E-state index in [1.54, 1.807) is 0 Å². The second-order valence-electron chi connectivity index (χ2n) is 18.1. The van der Waals surface area contributed by atoms with Crippen molar-refractivity contribution in [2.75, 3.05) is 13.2 Å². The van der Waals surface area contributed by atoms with Crippen LogP contribution in [0.3, 0.4) is 0 Å². The van der Waals surface area contributed by atoms with Gasteiger partial charge in [-0.15, -0.1) is 0 Å². The lowest BCUT2D eigenvalue weighted by Gasteiger charge is -2.18. The maximum Gasteiger partial charge on any atom is 0.306 e. The van der Waals surface area contributed by atoms with Crippen molar-refractivity contribution in [3.05, 3.63) is 0 Å². The Bertz CT molecular complexity index is 854. The SMILES string of the molecule is CCCCCCCCCCCC(=O)O[C@H](COC(=O)CCCCCCCCCCCCCCC(C)C)COC(=O)CCCCCCCCCCCCCC(C)C. The molecule has 0 aliphatic heterocycles. The number of rotatable bonds is 44. The first-order valence-corrected chi connectivity index (χ1v) is 24.7. The van der Waals surface area contributed by atoms with Crippen LogP contribution in [0, 0.1) is 11.8 Å². The van der Waals surface area contributed by atoms with Crippen LogP contribution in [0.2, 0.25) is 0 Å². The molecule has 0 saturated heterocycles.